The van der Waals surface area contributed by atoms with E-state index in [0.717, 1.165) is 17.0 Å². The zero-order chi connectivity index (χ0) is 22.0. The maximum Gasteiger partial charge on any atom is 0.325 e. The zero-order valence-electron chi connectivity index (χ0n) is 17.6. The Kier molecular flexibility index (Phi) is 5.54. The van der Waals surface area contributed by atoms with Crippen LogP contribution in [0, 0.1) is 0 Å². The van der Waals surface area contributed by atoms with Crippen LogP contribution in [0.15, 0.2) is 54.6 Å². The van der Waals surface area contributed by atoms with Gasteiger partial charge in [0.25, 0.3) is 5.91 Å². The Balaban J connectivity index is 1.39. The van der Waals surface area contributed by atoms with Gasteiger partial charge in [-0.2, -0.15) is 0 Å². The normalized spacial score (nSPS) is 23.1. The van der Waals surface area contributed by atoms with Crippen molar-refractivity contribution in [2.24, 2.45) is 0 Å². The quantitative estimate of drug-likeness (QED) is 0.697. The minimum absolute atomic E-state index is 0.138. The third-order valence-corrected chi connectivity index (χ3v) is 5.92. The van der Waals surface area contributed by atoms with Gasteiger partial charge in [0.2, 0.25) is 5.91 Å². The summed E-state index contributed by atoms with van der Waals surface area (Å²) < 4.78 is 5.15. The molecule has 2 aliphatic heterocycles. The molecule has 2 fully saturated rings. The summed E-state index contributed by atoms with van der Waals surface area (Å²) in [7, 11) is 1.56. The third-order valence-electron chi connectivity index (χ3n) is 5.92. The lowest BCUT2D eigenvalue weighted by atomic mass is 9.92. The lowest BCUT2D eigenvalue weighted by molar-refractivity contribution is -0.138. The van der Waals surface area contributed by atoms with Gasteiger partial charge in [-0.15, -0.1) is 0 Å². The summed E-state index contributed by atoms with van der Waals surface area (Å²) in [6.45, 7) is 2.50. The van der Waals surface area contributed by atoms with Gasteiger partial charge in [0.1, 0.15) is 17.8 Å². The minimum atomic E-state index is -1.22. The van der Waals surface area contributed by atoms with Crippen molar-refractivity contribution in [1.29, 1.82) is 0 Å². The molecule has 2 saturated heterocycles. The molecule has 8 heteroatoms. The average Bonchev–Trinajstić information content (AvgIpc) is 3.33. The number of carbonyl (C=O) groups is 3. The molecular formula is C23H26N4O4. The fourth-order valence-electron chi connectivity index (χ4n) is 4.07. The molecule has 2 heterocycles. The van der Waals surface area contributed by atoms with E-state index in [2.05, 4.69) is 10.6 Å². The first-order valence-electron chi connectivity index (χ1n) is 10.3. The Morgan fingerprint density at radius 2 is 1.87 bits per heavy atom. The second-order valence-electron chi connectivity index (χ2n) is 8.01. The number of methoxy groups -OCH3 is 1. The highest BCUT2D eigenvalue weighted by Crippen LogP contribution is 2.30. The monoisotopic (exact) mass is 422 g/mol. The van der Waals surface area contributed by atoms with Crippen molar-refractivity contribution in [2.45, 2.75) is 24.9 Å². The minimum Gasteiger partial charge on any atom is -0.497 e. The summed E-state index contributed by atoms with van der Waals surface area (Å²) >= 11 is 0. The van der Waals surface area contributed by atoms with E-state index in [9.17, 15) is 14.4 Å². The van der Waals surface area contributed by atoms with Crippen LogP contribution < -0.4 is 15.4 Å². The molecule has 0 radical (unpaired) electrons. The molecule has 2 aromatic carbocycles. The number of hydrogen-bond donors (Lipinski definition) is 2. The van der Waals surface area contributed by atoms with Gasteiger partial charge >= 0.3 is 6.03 Å². The number of rotatable bonds is 6. The number of ether oxygens (including phenoxy) is 1. The van der Waals surface area contributed by atoms with E-state index < -0.39 is 17.5 Å². The number of imide groups is 1. The van der Waals surface area contributed by atoms with Crippen LogP contribution in [0.25, 0.3) is 0 Å². The first-order valence-corrected chi connectivity index (χ1v) is 10.3. The number of benzene rings is 2. The standard InChI is InChI=1S/C23H26N4O4/c1-23(16-8-10-19(31-2)11-9-16)21(29)27(22(30)25-23)15-20(28)26-13-12-18(14-26)24-17-6-4-3-5-7-17/h3-11,18,24H,12-15H2,1-2H3,(H,25,30). The van der Waals surface area contributed by atoms with Crippen LogP contribution >= 0.6 is 0 Å². The third kappa shape index (κ3) is 4.05. The van der Waals surface area contributed by atoms with E-state index in [4.69, 9.17) is 4.74 Å². The number of nitrogens with one attached hydrogen (secondary N) is 2. The predicted molar refractivity (Wildman–Crippen MR) is 116 cm³/mol. The lowest BCUT2D eigenvalue weighted by Crippen LogP contribution is -2.44. The van der Waals surface area contributed by atoms with E-state index in [1.807, 2.05) is 30.3 Å². The van der Waals surface area contributed by atoms with Crippen molar-refractivity contribution >= 4 is 23.5 Å². The van der Waals surface area contributed by atoms with Gasteiger partial charge in [0, 0.05) is 24.8 Å². The van der Waals surface area contributed by atoms with Gasteiger partial charge < -0.3 is 20.3 Å². The molecule has 2 aliphatic rings. The molecule has 0 spiro atoms. The molecule has 31 heavy (non-hydrogen) atoms. The highest BCUT2D eigenvalue weighted by molar-refractivity contribution is 6.09. The van der Waals surface area contributed by atoms with E-state index in [1.165, 1.54) is 0 Å². The first kappa shape index (κ1) is 20.7. The van der Waals surface area contributed by atoms with Crippen molar-refractivity contribution < 1.29 is 19.1 Å². The Hall–Kier alpha value is -3.55. The van der Waals surface area contributed by atoms with E-state index in [-0.39, 0.29) is 18.5 Å². The summed E-state index contributed by atoms with van der Waals surface area (Å²) in [5, 5.41) is 6.15. The number of para-hydroxylation sites is 1. The number of hydrogen-bond acceptors (Lipinski definition) is 5. The molecule has 4 rings (SSSR count). The van der Waals surface area contributed by atoms with Crippen molar-refractivity contribution in [1.82, 2.24) is 15.1 Å². The average molecular weight is 422 g/mol. The molecule has 162 valence electrons. The maximum atomic E-state index is 13.1. The second kappa shape index (κ2) is 8.29. The SMILES string of the molecule is COc1ccc(C2(C)NC(=O)N(CC(=O)N3CCC(Nc4ccccc4)C3)C2=O)cc1. The summed E-state index contributed by atoms with van der Waals surface area (Å²) in [6.07, 6.45) is 0.810. The topological polar surface area (TPSA) is 91.0 Å². The molecule has 0 aromatic heterocycles. The zero-order valence-corrected chi connectivity index (χ0v) is 17.6. The highest BCUT2D eigenvalue weighted by atomic mass is 16.5. The molecule has 0 saturated carbocycles. The van der Waals surface area contributed by atoms with Crippen molar-refractivity contribution in [2.75, 3.05) is 32.1 Å². The molecule has 4 amide bonds. The first-order chi connectivity index (χ1) is 14.9. The van der Waals surface area contributed by atoms with Crippen LogP contribution in [0.1, 0.15) is 18.9 Å². The number of anilines is 1. The van der Waals surface area contributed by atoms with Crippen LogP contribution in [0.4, 0.5) is 10.5 Å². The van der Waals surface area contributed by atoms with Gasteiger partial charge in [0.15, 0.2) is 0 Å². The van der Waals surface area contributed by atoms with Crippen molar-refractivity contribution in [3.63, 3.8) is 0 Å². The number of nitrogens with zero attached hydrogens (tertiary/aromatic N) is 2. The predicted octanol–water partition coefficient (Wildman–Crippen LogP) is 2.18. The Morgan fingerprint density at radius 3 is 2.55 bits per heavy atom. The molecule has 0 bridgehead atoms. The molecule has 2 aromatic rings. The van der Waals surface area contributed by atoms with Crippen molar-refractivity contribution in [3.05, 3.63) is 60.2 Å². The van der Waals surface area contributed by atoms with Gasteiger partial charge in [-0.3, -0.25) is 14.5 Å². The number of likely N-dealkylation sites (tertiary alicyclic amines) is 1. The van der Waals surface area contributed by atoms with Gasteiger partial charge in [-0.1, -0.05) is 30.3 Å². The summed E-state index contributed by atoms with van der Waals surface area (Å²) in [5.74, 6) is -0.0159. The van der Waals surface area contributed by atoms with E-state index in [1.54, 1.807) is 43.2 Å². The molecule has 0 aliphatic carbocycles. The van der Waals surface area contributed by atoms with Crippen LogP contribution in [0.2, 0.25) is 0 Å². The molecule has 2 N–H and O–H groups in total. The van der Waals surface area contributed by atoms with Gasteiger partial charge in [0.05, 0.1) is 7.11 Å². The van der Waals surface area contributed by atoms with Crippen LogP contribution in [0.5, 0.6) is 5.75 Å². The summed E-state index contributed by atoms with van der Waals surface area (Å²) in [5.41, 5.74) is 0.424. The summed E-state index contributed by atoms with van der Waals surface area (Å²) in [4.78, 5) is 41.1. The molecule has 8 nitrogen and oxygen atoms in total. The van der Waals surface area contributed by atoms with Crippen LogP contribution in [-0.4, -0.2) is 60.4 Å². The highest BCUT2D eigenvalue weighted by Gasteiger charge is 2.49. The fourth-order valence-corrected chi connectivity index (χ4v) is 4.07. The van der Waals surface area contributed by atoms with E-state index in [0.29, 0.717) is 24.4 Å². The molecule has 2 unspecified atom stereocenters. The molecular weight excluding hydrogens is 396 g/mol. The van der Waals surface area contributed by atoms with Gasteiger partial charge in [-0.05, 0) is 43.2 Å². The van der Waals surface area contributed by atoms with Crippen molar-refractivity contribution in [3.8, 4) is 5.75 Å². The smallest absolute Gasteiger partial charge is 0.325 e. The van der Waals surface area contributed by atoms with Crippen LogP contribution in [-0.2, 0) is 15.1 Å². The lowest BCUT2D eigenvalue weighted by Gasteiger charge is -2.23. The Labute approximate surface area is 181 Å². The summed E-state index contributed by atoms with van der Waals surface area (Å²) in [6, 6.07) is 16.4. The Morgan fingerprint density at radius 1 is 1.16 bits per heavy atom. The number of amides is 4. The maximum absolute atomic E-state index is 13.1. The second-order valence-corrected chi connectivity index (χ2v) is 8.01. The largest absolute Gasteiger partial charge is 0.497 e. The van der Waals surface area contributed by atoms with Gasteiger partial charge in [-0.25, -0.2) is 4.79 Å². The number of urea groups is 1. The van der Waals surface area contributed by atoms with Crippen LogP contribution in [0.3, 0.4) is 0 Å². The Bertz CT molecular complexity index is 979. The number of carbonyl (C=O) groups excluding carboxylic acids is 3. The van der Waals surface area contributed by atoms with E-state index >= 15 is 0 Å². The molecule has 2 atom stereocenters. The fraction of sp³-hybridized carbons (Fsp3) is 0.348.